The second-order valence-electron chi connectivity index (χ2n) is 6.96. The molecule has 1 saturated carbocycles. The molecule has 2 aliphatic rings. The quantitative estimate of drug-likeness (QED) is 0.869. The SMILES string of the molecule is C[C@@H]1C(=O)NCCCN1[C@@H]1CC[C@H](c2cc(F)ccc2F)[C@@H](N)C1. The summed E-state index contributed by atoms with van der Waals surface area (Å²) in [7, 11) is 0. The topological polar surface area (TPSA) is 58.4 Å². The Kier molecular flexibility index (Phi) is 5.15. The Morgan fingerprint density at radius 3 is 2.83 bits per heavy atom. The molecular formula is C18H25F2N3O. The molecule has 0 spiro atoms. The molecule has 3 N–H and O–H groups in total. The van der Waals surface area contributed by atoms with Gasteiger partial charge in [0, 0.05) is 31.1 Å². The molecule has 1 aromatic rings. The molecule has 1 aliphatic carbocycles. The lowest BCUT2D eigenvalue weighted by Gasteiger charge is -2.41. The first kappa shape index (κ1) is 17.3. The summed E-state index contributed by atoms with van der Waals surface area (Å²) in [5, 5.41) is 2.92. The van der Waals surface area contributed by atoms with Gasteiger partial charge in [-0.3, -0.25) is 9.69 Å². The van der Waals surface area contributed by atoms with Gasteiger partial charge in [0.2, 0.25) is 5.91 Å². The molecular weight excluding hydrogens is 312 g/mol. The summed E-state index contributed by atoms with van der Waals surface area (Å²) in [6, 6.07) is 3.37. The highest BCUT2D eigenvalue weighted by molar-refractivity contribution is 5.81. The van der Waals surface area contributed by atoms with Crippen LogP contribution in [0.15, 0.2) is 18.2 Å². The van der Waals surface area contributed by atoms with Gasteiger partial charge in [-0.2, -0.15) is 0 Å². The average Bonchev–Trinajstić information content (AvgIpc) is 2.72. The van der Waals surface area contributed by atoms with Crippen molar-refractivity contribution in [1.82, 2.24) is 10.2 Å². The van der Waals surface area contributed by atoms with E-state index >= 15 is 0 Å². The number of nitrogens with one attached hydrogen (secondary N) is 1. The van der Waals surface area contributed by atoms with Gasteiger partial charge in [-0.05, 0) is 56.4 Å². The molecule has 1 saturated heterocycles. The summed E-state index contributed by atoms with van der Waals surface area (Å²) in [6.45, 7) is 3.48. The van der Waals surface area contributed by atoms with Crippen LogP contribution in [0.1, 0.15) is 44.1 Å². The molecule has 0 bridgehead atoms. The number of amides is 1. The zero-order valence-electron chi connectivity index (χ0n) is 14.0. The van der Waals surface area contributed by atoms with Crippen molar-refractivity contribution in [3.63, 3.8) is 0 Å². The number of carbonyl (C=O) groups excluding carboxylic acids is 1. The lowest BCUT2D eigenvalue weighted by molar-refractivity contribution is -0.126. The van der Waals surface area contributed by atoms with Crippen LogP contribution in [-0.2, 0) is 4.79 Å². The molecule has 1 amide bonds. The van der Waals surface area contributed by atoms with Gasteiger partial charge in [0.05, 0.1) is 6.04 Å². The fourth-order valence-corrected chi connectivity index (χ4v) is 4.13. The summed E-state index contributed by atoms with van der Waals surface area (Å²) < 4.78 is 27.5. The third-order valence-corrected chi connectivity index (χ3v) is 5.47. The van der Waals surface area contributed by atoms with Crippen molar-refractivity contribution in [2.75, 3.05) is 13.1 Å². The van der Waals surface area contributed by atoms with Crippen LogP contribution in [0.4, 0.5) is 8.78 Å². The van der Waals surface area contributed by atoms with Crippen molar-refractivity contribution >= 4 is 5.91 Å². The summed E-state index contributed by atoms with van der Waals surface area (Å²) >= 11 is 0. The second kappa shape index (κ2) is 7.15. The Labute approximate surface area is 141 Å². The van der Waals surface area contributed by atoms with Gasteiger partial charge < -0.3 is 11.1 Å². The van der Waals surface area contributed by atoms with Crippen molar-refractivity contribution in [2.24, 2.45) is 5.73 Å². The van der Waals surface area contributed by atoms with Crippen LogP contribution in [0.2, 0.25) is 0 Å². The van der Waals surface area contributed by atoms with Crippen molar-refractivity contribution in [3.8, 4) is 0 Å². The minimum atomic E-state index is -0.432. The molecule has 0 radical (unpaired) electrons. The summed E-state index contributed by atoms with van der Waals surface area (Å²) in [5.41, 5.74) is 6.71. The smallest absolute Gasteiger partial charge is 0.237 e. The standard InChI is InChI=1S/C18H25F2N3O/c1-11-18(24)22-7-2-8-23(11)13-4-5-14(17(21)10-13)15-9-12(19)3-6-16(15)20/h3,6,9,11,13-14,17H,2,4-5,7-8,10,21H2,1H3,(H,22,24)/t11-,13-,14-,17+/m1/s1. The van der Waals surface area contributed by atoms with E-state index < -0.39 is 11.6 Å². The zero-order chi connectivity index (χ0) is 17.3. The van der Waals surface area contributed by atoms with E-state index in [0.717, 1.165) is 25.5 Å². The van der Waals surface area contributed by atoms with Crippen LogP contribution in [0.5, 0.6) is 0 Å². The van der Waals surface area contributed by atoms with Crippen LogP contribution < -0.4 is 11.1 Å². The van der Waals surface area contributed by atoms with E-state index in [1.807, 2.05) is 6.92 Å². The molecule has 4 nitrogen and oxygen atoms in total. The highest BCUT2D eigenvalue weighted by atomic mass is 19.1. The number of hydrogen-bond donors (Lipinski definition) is 2. The highest BCUT2D eigenvalue weighted by Crippen LogP contribution is 2.36. The summed E-state index contributed by atoms with van der Waals surface area (Å²) in [5.74, 6) is -0.941. The molecule has 1 aromatic carbocycles. The predicted octanol–water partition coefficient (Wildman–Crippen LogP) is 2.14. The van der Waals surface area contributed by atoms with Gasteiger partial charge in [-0.25, -0.2) is 8.78 Å². The van der Waals surface area contributed by atoms with Gasteiger partial charge in [-0.15, -0.1) is 0 Å². The van der Waals surface area contributed by atoms with Crippen LogP contribution >= 0.6 is 0 Å². The normalized spacial score (nSPS) is 32.2. The maximum atomic E-state index is 14.1. The third kappa shape index (κ3) is 3.44. The molecule has 3 rings (SSSR count). The van der Waals surface area contributed by atoms with Gasteiger partial charge >= 0.3 is 0 Å². The van der Waals surface area contributed by atoms with Gasteiger partial charge in [0.15, 0.2) is 0 Å². The molecule has 1 heterocycles. The van der Waals surface area contributed by atoms with E-state index in [-0.39, 0.29) is 30.0 Å². The number of benzene rings is 1. The van der Waals surface area contributed by atoms with Crippen LogP contribution in [0.3, 0.4) is 0 Å². The molecule has 1 aliphatic heterocycles. The fourth-order valence-electron chi connectivity index (χ4n) is 4.13. The number of halogens is 2. The molecule has 6 heteroatoms. The van der Waals surface area contributed by atoms with E-state index in [4.69, 9.17) is 5.73 Å². The second-order valence-corrected chi connectivity index (χ2v) is 6.96. The number of carbonyl (C=O) groups is 1. The van der Waals surface area contributed by atoms with Crippen LogP contribution in [0.25, 0.3) is 0 Å². The first-order valence-electron chi connectivity index (χ1n) is 8.71. The molecule has 0 aromatic heterocycles. The van der Waals surface area contributed by atoms with Crippen molar-refractivity contribution < 1.29 is 13.6 Å². The number of nitrogens with two attached hydrogens (primary N) is 1. The first-order chi connectivity index (χ1) is 11.5. The highest BCUT2D eigenvalue weighted by Gasteiger charge is 2.36. The predicted molar refractivity (Wildman–Crippen MR) is 88.5 cm³/mol. The Morgan fingerprint density at radius 2 is 2.08 bits per heavy atom. The number of rotatable bonds is 2. The summed E-state index contributed by atoms with van der Waals surface area (Å²) in [6.07, 6.45) is 3.16. The largest absolute Gasteiger partial charge is 0.355 e. The molecule has 0 unspecified atom stereocenters. The van der Waals surface area contributed by atoms with Gasteiger partial charge in [0.25, 0.3) is 0 Å². The Balaban J connectivity index is 1.73. The van der Waals surface area contributed by atoms with E-state index in [2.05, 4.69) is 10.2 Å². The minimum Gasteiger partial charge on any atom is -0.355 e. The van der Waals surface area contributed by atoms with E-state index in [1.54, 1.807) is 0 Å². The third-order valence-electron chi connectivity index (χ3n) is 5.47. The monoisotopic (exact) mass is 337 g/mol. The van der Waals surface area contributed by atoms with Crippen LogP contribution in [0, 0.1) is 11.6 Å². The van der Waals surface area contributed by atoms with Crippen LogP contribution in [-0.4, -0.2) is 42.0 Å². The molecule has 132 valence electrons. The molecule has 2 fully saturated rings. The lowest BCUT2D eigenvalue weighted by atomic mass is 9.77. The lowest BCUT2D eigenvalue weighted by Crippen LogP contribution is -2.51. The van der Waals surface area contributed by atoms with Crippen molar-refractivity contribution in [2.45, 2.75) is 56.7 Å². The van der Waals surface area contributed by atoms with Crippen molar-refractivity contribution in [1.29, 1.82) is 0 Å². The molecule has 4 atom stereocenters. The van der Waals surface area contributed by atoms with E-state index in [9.17, 15) is 13.6 Å². The zero-order valence-corrected chi connectivity index (χ0v) is 14.0. The Bertz CT molecular complexity index is 610. The number of hydrogen-bond acceptors (Lipinski definition) is 3. The average molecular weight is 337 g/mol. The Morgan fingerprint density at radius 1 is 1.29 bits per heavy atom. The fraction of sp³-hybridized carbons (Fsp3) is 0.611. The van der Waals surface area contributed by atoms with Gasteiger partial charge in [0.1, 0.15) is 11.6 Å². The number of nitrogens with zero attached hydrogens (tertiary/aromatic N) is 1. The molecule has 24 heavy (non-hydrogen) atoms. The van der Waals surface area contributed by atoms with Gasteiger partial charge in [-0.1, -0.05) is 0 Å². The van der Waals surface area contributed by atoms with Crippen molar-refractivity contribution in [3.05, 3.63) is 35.4 Å². The van der Waals surface area contributed by atoms with E-state index in [0.29, 0.717) is 24.9 Å². The maximum absolute atomic E-state index is 14.1. The Hall–Kier alpha value is -1.53. The van der Waals surface area contributed by atoms with E-state index in [1.165, 1.54) is 12.1 Å². The first-order valence-corrected chi connectivity index (χ1v) is 8.71. The summed E-state index contributed by atoms with van der Waals surface area (Å²) in [4.78, 5) is 14.3. The maximum Gasteiger partial charge on any atom is 0.237 e. The minimum absolute atomic E-state index is 0.0550.